The summed E-state index contributed by atoms with van der Waals surface area (Å²) in [6, 6.07) is 5.68. The molecule has 1 aromatic carbocycles. The number of benzene rings is 1. The lowest BCUT2D eigenvalue weighted by Crippen LogP contribution is -2.39. The van der Waals surface area contributed by atoms with E-state index >= 15 is 0 Å². The molecule has 0 saturated carbocycles. The minimum Gasteiger partial charge on any atom is -0.481 e. The number of carbonyl (C=O) groups is 2. The second kappa shape index (κ2) is 7.60. The number of hydrogen-bond donors (Lipinski definition) is 3. The van der Waals surface area contributed by atoms with Crippen molar-refractivity contribution in [1.82, 2.24) is 15.6 Å². The number of aliphatic carboxylic acids is 1. The van der Waals surface area contributed by atoms with E-state index in [1.54, 1.807) is 12.1 Å². The molecule has 0 fully saturated rings. The van der Waals surface area contributed by atoms with E-state index in [-0.39, 0.29) is 30.9 Å². The molecule has 0 bridgehead atoms. The highest BCUT2D eigenvalue weighted by Gasteiger charge is 2.26. The van der Waals surface area contributed by atoms with Crippen LogP contribution in [0.15, 0.2) is 24.3 Å². The van der Waals surface area contributed by atoms with Crippen LogP contribution in [0.2, 0.25) is 0 Å². The SMILES string of the molecule is O=C(O)CCNC(=O)NC1CCCc2nc(-c3ccc(F)cc3)sc21. The lowest BCUT2D eigenvalue weighted by atomic mass is 9.98. The van der Waals surface area contributed by atoms with Gasteiger partial charge in [0.05, 0.1) is 23.0 Å². The number of urea groups is 1. The Balaban J connectivity index is 1.70. The number of rotatable bonds is 5. The van der Waals surface area contributed by atoms with Crippen LogP contribution in [-0.4, -0.2) is 28.6 Å². The summed E-state index contributed by atoms with van der Waals surface area (Å²) in [7, 11) is 0. The van der Waals surface area contributed by atoms with Crippen LogP contribution >= 0.6 is 11.3 Å². The van der Waals surface area contributed by atoms with Gasteiger partial charge in [-0.15, -0.1) is 11.3 Å². The Kier molecular flexibility index (Phi) is 5.28. The molecule has 2 aromatic rings. The molecular weight excluding hydrogens is 345 g/mol. The third-order valence-corrected chi connectivity index (χ3v) is 5.23. The molecule has 0 spiro atoms. The number of thiazole rings is 1. The number of carboxylic acids is 1. The van der Waals surface area contributed by atoms with Gasteiger partial charge in [-0.05, 0) is 43.5 Å². The Morgan fingerprint density at radius 3 is 2.80 bits per heavy atom. The molecule has 0 aliphatic heterocycles. The Bertz CT molecular complexity index is 776. The van der Waals surface area contributed by atoms with Gasteiger partial charge in [-0.2, -0.15) is 0 Å². The fourth-order valence-electron chi connectivity index (χ4n) is 2.77. The standard InChI is InChI=1S/C17H18FN3O3S/c18-11-6-4-10(5-7-11)16-20-12-2-1-3-13(15(12)25-16)21-17(24)19-9-8-14(22)23/h4-7,13H,1-3,8-9H2,(H,22,23)(H2,19,21,24). The number of aromatic nitrogens is 1. The number of hydrogen-bond acceptors (Lipinski definition) is 4. The summed E-state index contributed by atoms with van der Waals surface area (Å²) in [6.07, 6.45) is 2.47. The fourth-order valence-corrected chi connectivity index (χ4v) is 3.97. The van der Waals surface area contributed by atoms with Gasteiger partial charge in [0.15, 0.2) is 0 Å². The molecule has 0 radical (unpaired) electrons. The maximum atomic E-state index is 13.1. The maximum Gasteiger partial charge on any atom is 0.315 e. The van der Waals surface area contributed by atoms with Crippen LogP contribution in [0.3, 0.4) is 0 Å². The van der Waals surface area contributed by atoms with E-state index < -0.39 is 5.97 Å². The summed E-state index contributed by atoms with van der Waals surface area (Å²) in [6.45, 7) is 0.0876. The molecule has 132 valence electrons. The third-order valence-electron chi connectivity index (χ3n) is 3.97. The summed E-state index contributed by atoms with van der Waals surface area (Å²) in [5.74, 6) is -1.24. The number of aryl methyl sites for hydroxylation is 1. The van der Waals surface area contributed by atoms with Crippen molar-refractivity contribution in [3.8, 4) is 10.6 Å². The van der Waals surface area contributed by atoms with Crippen LogP contribution in [0.1, 0.15) is 35.9 Å². The molecule has 25 heavy (non-hydrogen) atoms. The van der Waals surface area contributed by atoms with Gasteiger partial charge in [0.25, 0.3) is 0 Å². The normalized spacial score (nSPS) is 16.1. The molecule has 1 heterocycles. The zero-order valence-corrected chi connectivity index (χ0v) is 14.2. The van der Waals surface area contributed by atoms with Gasteiger partial charge in [0.2, 0.25) is 0 Å². The minimum absolute atomic E-state index is 0.0876. The average Bonchev–Trinajstić information content (AvgIpc) is 3.00. The highest BCUT2D eigenvalue weighted by Crippen LogP contribution is 2.37. The molecule has 1 aromatic heterocycles. The van der Waals surface area contributed by atoms with Crippen molar-refractivity contribution in [1.29, 1.82) is 0 Å². The Labute approximate surface area is 148 Å². The number of nitrogens with zero attached hydrogens (tertiary/aromatic N) is 1. The highest BCUT2D eigenvalue weighted by molar-refractivity contribution is 7.15. The zero-order valence-electron chi connectivity index (χ0n) is 13.4. The largest absolute Gasteiger partial charge is 0.481 e. The molecule has 8 heteroatoms. The van der Waals surface area contributed by atoms with Gasteiger partial charge in [0.1, 0.15) is 10.8 Å². The van der Waals surface area contributed by atoms with Crippen LogP contribution < -0.4 is 10.6 Å². The molecule has 1 unspecified atom stereocenters. The number of fused-ring (bicyclic) bond motifs is 1. The second-order valence-electron chi connectivity index (χ2n) is 5.83. The lowest BCUT2D eigenvalue weighted by Gasteiger charge is -2.22. The van der Waals surface area contributed by atoms with Gasteiger partial charge in [-0.1, -0.05) is 0 Å². The van der Waals surface area contributed by atoms with Crippen molar-refractivity contribution in [2.24, 2.45) is 0 Å². The first kappa shape index (κ1) is 17.3. The van der Waals surface area contributed by atoms with Crippen molar-refractivity contribution in [3.63, 3.8) is 0 Å². The molecule has 6 nitrogen and oxygen atoms in total. The molecule has 3 N–H and O–H groups in total. The van der Waals surface area contributed by atoms with Crippen molar-refractivity contribution in [3.05, 3.63) is 40.7 Å². The van der Waals surface area contributed by atoms with Crippen molar-refractivity contribution >= 4 is 23.3 Å². The van der Waals surface area contributed by atoms with Gasteiger partial charge in [0, 0.05) is 12.1 Å². The molecule has 1 aliphatic carbocycles. The van der Waals surface area contributed by atoms with Gasteiger partial charge >= 0.3 is 12.0 Å². The summed E-state index contributed by atoms with van der Waals surface area (Å²) >= 11 is 1.50. The van der Waals surface area contributed by atoms with Crippen LogP contribution in [-0.2, 0) is 11.2 Å². The smallest absolute Gasteiger partial charge is 0.315 e. The average molecular weight is 363 g/mol. The first-order valence-electron chi connectivity index (χ1n) is 8.04. The topological polar surface area (TPSA) is 91.3 Å². The summed E-state index contributed by atoms with van der Waals surface area (Å²) in [5.41, 5.74) is 1.82. The van der Waals surface area contributed by atoms with E-state index in [9.17, 15) is 14.0 Å². The van der Waals surface area contributed by atoms with E-state index in [1.165, 1.54) is 23.5 Å². The highest BCUT2D eigenvalue weighted by atomic mass is 32.1. The predicted octanol–water partition coefficient (Wildman–Crippen LogP) is 3.10. The van der Waals surface area contributed by atoms with Crippen molar-refractivity contribution < 1.29 is 19.1 Å². The van der Waals surface area contributed by atoms with Crippen molar-refractivity contribution in [2.45, 2.75) is 31.7 Å². The molecular formula is C17H18FN3O3S. The van der Waals surface area contributed by atoms with Crippen LogP contribution in [0.5, 0.6) is 0 Å². The Morgan fingerprint density at radius 1 is 1.32 bits per heavy atom. The molecule has 1 aliphatic rings. The second-order valence-corrected chi connectivity index (χ2v) is 6.86. The maximum absolute atomic E-state index is 13.1. The van der Waals surface area contributed by atoms with E-state index in [0.717, 1.165) is 40.4 Å². The van der Waals surface area contributed by atoms with Gasteiger partial charge < -0.3 is 15.7 Å². The molecule has 1 atom stereocenters. The number of nitrogens with one attached hydrogen (secondary N) is 2. The van der Waals surface area contributed by atoms with E-state index in [4.69, 9.17) is 5.11 Å². The molecule has 2 amide bonds. The zero-order chi connectivity index (χ0) is 17.8. The first-order valence-corrected chi connectivity index (χ1v) is 8.86. The minimum atomic E-state index is -0.952. The van der Waals surface area contributed by atoms with Gasteiger partial charge in [-0.3, -0.25) is 4.79 Å². The van der Waals surface area contributed by atoms with Gasteiger partial charge in [-0.25, -0.2) is 14.2 Å². The number of halogens is 1. The Morgan fingerprint density at radius 2 is 2.08 bits per heavy atom. The van der Waals surface area contributed by atoms with E-state index in [1.807, 2.05) is 0 Å². The molecule has 3 rings (SSSR count). The number of carbonyl (C=O) groups excluding carboxylic acids is 1. The lowest BCUT2D eigenvalue weighted by molar-refractivity contribution is -0.136. The summed E-state index contributed by atoms with van der Waals surface area (Å²) < 4.78 is 13.1. The fraction of sp³-hybridized carbons (Fsp3) is 0.353. The quantitative estimate of drug-likeness (QED) is 0.761. The Hall–Kier alpha value is -2.48. The number of amides is 2. The van der Waals surface area contributed by atoms with E-state index in [0.29, 0.717) is 0 Å². The summed E-state index contributed by atoms with van der Waals surface area (Å²) in [4.78, 5) is 28.1. The van der Waals surface area contributed by atoms with Crippen molar-refractivity contribution in [2.75, 3.05) is 6.54 Å². The summed E-state index contributed by atoms with van der Waals surface area (Å²) in [5, 5.41) is 14.9. The predicted molar refractivity (Wildman–Crippen MR) is 92.0 cm³/mol. The van der Waals surface area contributed by atoms with Crippen LogP contribution in [0.4, 0.5) is 9.18 Å². The molecule has 0 saturated heterocycles. The van der Waals surface area contributed by atoms with Crippen LogP contribution in [0, 0.1) is 5.82 Å². The third kappa shape index (κ3) is 4.33. The number of carboxylic acid groups (broad SMARTS) is 1. The van der Waals surface area contributed by atoms with E-state index in [2.05, 4.69) is 15.6 Å². The first-order chi connectivity index (χ1) is 12.0. The van der Waals surface area contributed by atoms with Crippen LogP contribution in [0.25, 0.3) is 10.6 Å². The monoisotopic (exact) mass is 363 g/mol.